The third kappa shape index (κ3) is 2.72. The highest BCUT2D eigenvalue weighted by atomic mass is 16.3. The van der Waals surface area contributed by atoms with E-state index in [4.69, 9.17) is 0 Å². The second-order valence-corrected chi connectivity index (χ2v) is 7.81. The van der Waals surface area contributed by atoms with Gasteiger partial charge in [-0.25, -0.2) is 0 Å². The van der Waals surface area contributed by atoms with Crippen LogP contribution in [0.4, 0.5) is 0 Å². The molecule has 130 valence electrons. The van der Waals surface area contributed by atoms with Crippen LogP contribution in [0.25, 0.3) is 6.08 Å². The third-order valence-corrected chi connectivity index (χ3v) is 6.15. The van der Waals surface area contributed by atoms with Gasteiger partial charge in [-0.2, -0.15) is 0 Å². The van der Waals surface area contributed by atoms with Crippen LogP contribution in [0.1, 0.15) is 41.5 Å². The highest BCUT2D eigenvalue weighted by Gasteiger charge is 2.35. The quantitative estimate of drug-likeness (QED) is 0.681. The predicted molar refractivity (Wildman–Crippen MR) is 107 cm³/mol. The predicted octanol–water partition coefficient (Wildman–Crippen LogP) is 5.96. The summed E-state index contributed by atoms with van der Waals surface area (Å²) in [7, 11) is 0. The molecule has 3 aliphatic carbocycles. The summed E-state index contributed by atoms with van der Waals surface area (Å²) >= 11 is 0. The third-order valence-electron chi connectivity index (χ3n) is 6.15. The molecule has 5 rings (SSSR count). The maximum atomic E-state index is 10.5. The molecule has 0 saturated carbocycles. The molecule has 3 aliphatic rings. The van der Waals surface area contributed by atoms with Crippen LogP contribution in [-0.4, -0.2) is 5.11 Å². The summed E-state index contributed by atoms with van der Waals surface area (Å²) in [6.45, 7) is 0. The van der Waals surface area contributed by atoms with Gasteiger partial charge in [0.15, 0.2) is 0 Å². The lowest BCUT2D eigenvalue weighted by molar-refractivity contribution is 0.399. The first kappa shape index (κ1) is 15.7. The molecule has 26 heavy (non-hydrogen) atoms. The van der Waals surface area contributed by atoms with E-state index in [9.17, 15) is 5.11 Å². The number of fused-ring (bicyclic) bond motifs is 2. The molecule has 0 bridgehead atoms. The van der Waals surface area contributed by atoms with E-state index in [1.165, 1.54) is 51.8 Å². The summed E-state index contributed by atoms with van der Waals surface area (Å²) in [5.74, 6) is 1.09. The Morgan fingerprint density at radius 1 is 0.923 bits per heavy atom. The van der Waals surface area contributed by atoms with Crippen molar-refractivity contribution >= 4 is 6.08 Å². The number of hydrogen-bond acceptors (Lipinski definition) is 1. The SMILES string of the molecule is OC1=C(C2=Cc3cc(CCc4ccccc4)ccc3C2)C2CCC=C2C1. The molecular weight excluding hydrogens is 316 g/mol. The minimum atomic E-state index is 0.480. The summed E-state index contributed by atoms with van der Waals surface area (Å²) < 4.78 is 0. The molecule has 0 aromatic heterocycles. The Bertz CT molecular complexity index is 943. The van der Waals surface area contributed by atoms with Crippen molar-refractivity contribution in [3.8, 4) is 0 Å². The first-order valence-corrected chi connectivity index (χ1v) is 9.75. The fourth-order valence-corrected chi connectivity index (χ4v) is 4.83. The monoisotopic (exact) mass is 340 g/mol. The van der Waals surface area contributed by atoms with Crippen LogP contribution in [0.5, 0.6) is 0 Å². The number of rotatable bonds is 4. The molecule has 0 saturated heterocycles. The van der Waals surface area contributed by atoms with E-state index in [0.29, 0.717) is 11.7 Å². The van der Waals surface area contributed by atoms with E-state index in [0.717, 1.165) is 25.7 Å². The Kier molecular flexibility index (Phi) is 3.81. The van der Waals surface area contributed by atoms with Gasteiger partial charge in [-0.3, -0.25) is 0 Å². The number of benzene rings is 2. The van der Waals surface area contributed by atoms with Crippen molar-refractivity contribution in [2.75, 3.05) is 0 Å². The van der Waals surface area contributed by atoms with Gasteiger partial charge in [0.25, 0.3) is 0 Å². The van der Waals surface area contributed by atoms with Crippen LogP contribution >= 0.6 is 0 Å². The zero-order valence-corrected chi connectivity index (χ0v) is 15.0. The molecule has 0 heterocycles. The molecule has 1 N–H and O–H groups in total. The van der Waals surface area contributed by atoms with Gasteiger partial charge in [-0.15, -0.1) is 0 Å². The topological polar surface area (TPSA) is 20.2 Å². The molecule has 0 amide bonds. The molecule has 0 radical (unpaired) electrons. The van der Waals surface area contributed by atoms with Crippen LogP contribution in [0.3, 0.4) is 0 Å². The van der Waals surface area contributed by atoms with Crippen molar-refractivity contribution in [1.29, 1.82) is 0 Å². The normalized spacial score (nSPS) is 20.8. The van der Waals surface area contributed by atoms with Gasteiger partial charge in [0, 0.05) is 17.9 Å². The van der Waals surface area contributed by atoms with E-state index < -0.39 is 0 Å². The van der Waals surface area contributed by atoms with Crippen molar-refractivity contribution in [3.05, 3.63) is 99.3 Å². The Hall–Kier alpha value is -2.54. The Morgan fingerprint density at radius 2 is 1.77 bits per heavy atom. The molecular formula is C25H24O. The molecule has 2 aromatic rings. The Labute approximate surface area is 155 Å². The lowest BCUT2D eigenvalue weighted by Gasteiger charge is -2.12. The minimum Gasteiger partial charge on any atom is -0.512 e. The fourth-order valence-electron chi connectivity index (χ4n) is 4.83. The molecule has 2 aromatic carbocycles. The molecule has 1 nitrogen and oxygen atoms in total. The van der Waals surface area contributed by atoms with Crippen LogP contribution < -0.4 is 0 Å². The van der Waals surface area contributed by atoms with Crippen molar-refractivity contribution in [2.45, 2.75) is 38.5 Å². The molecule has 0 aliphatic heterocycles. The van der Waals surface area contributed by atoms with Crippen molar-refractivity contribution in [1.82, 2.24) is 0 Å². The second kappa shape index (κ2) is 6.32. The van der Waals surface area contributed by atoms with Crippen LogP contribution in [0, 0.1) is 5.92 Å². The smallest absolute Gasteiger partial charge is 0.100 e. The number of allylic oxidation sites excluding steroid dienone is 4. The number of aliphatic hydroxyl groups excluding tert-OH is 1. The van der Waals surface area contributed by atoms with Gasteiger partial charge >= 0.3 is 0 Å². The maximum absolute atomic E-state index is 10.5. The van der Waals surface area contributed by atoms with Crippen molar-refractivity contribution in [3.63, 3.8) is 0 Å². The molecule has 0 spiro atoms. The highest BCUT2D eigenvalue weighted by molar-refractivity contribution is 5.71. The molecule has 1 unspecified atom stereocenters. The number of aryl methyl sites for hydroxylation is 2. The molecule has 1 atom stereocenters. The largest absolute Gasteiger partial charge is 0.512 e. The standard InChI is InChI=1S/C25H24O/c26-24-16-20-7-4-8-23(20)25(24)22-14-19-12-11-18(13-21(19)15-22)10-9-17-5-2-1-3-6-17/h1-3,5-7,11-13,15,23,26H,4,8-10,14,16H2. The average Bonchev–Trinajstić information content (AvgIpc) is 3.34. The van der Waals surface area contributed by atoms with Crippen LogP contribution in [-0.2, 0) is 19.3 Å². The zero-order chi connectivity index (χ0) is 17.5. The summed E-state index contributed by atoms with van der Waals surface area (Å²) in [6.07, 6.45) is 10.9. The lowest BCUT2D eigenvalue weighted by Crippen LogP contribution is -2.01. The first-order chi connectivity index (χ1) is 12.8. The maximum Gasteiger partial charge on any atom is 0.100 e. The summed E-state index contributed by atoms with van der Waals surface area (Å²) in [5.41, 5.74) is 9.56. The summed E-state index contributed by atoms with van der Waals surface area (Å²) in [4.78, 5) is 0. The Balaban J connectivity index is 1.36. The van der Waals surface area contributed by atoms with Crippen LogP contribution in [0.15, 0.2) is 77.1 Å². The van der Waals surface area contributed by atoms with Crippen molar-refractivity contribution < 1.29 is 5.11 Å². The molecule has 0 fully saturated rings. The van der Waals surface area contributed by atoms with E-state index >= 15 is 0 Å². The fraction of sp³-hybridized carbons (Fsp3) is 0.280. The van der Waals surface area contributed by atoms with Gasteiger partial charge in [-0.1, -0.05) is 66.3 Å². The van der Waals surface area contributed by atoms with Gasteiger partial charge in [0.1, 0.15) is 5.76 Å². The lowest BCUT2D eigenvalue weighted by atomic mass is 9.91. The minimum absolute atomic E-state index is 0.480. The van der Waals surface area contributed by atoms with Gasteiger partial charge in [-0.05, 0) is 59.9 Å². The van der Waals surface area contributed by atoms with Crippen LogP contribution in [0.2, 0.25) is 0 Å². The van der Waals surface area contributed by atoms with E-state index in [1.54, 1.807) is 0 Å². The number of aliphatic hydroxyl groups is 1. The zero-order valence-electron chi connectivity index (χ0n) is 15.0. The number of hydrogen-bond donors (Lipinski definition) is 1. The first-order valence-electron chi connectivity index (χ1n) is 9.75. The summed E-state index contributed by atoms with van der Waals surface area (Å²) in [5, 5.41) is 10.5. The van der Waals surface area contributed by atoms with Gasteiger partial charge in [0.2, 0.25) is 0 Å². The second-order valence-electron chi connectivity index (χ2n) is 7.81. The van der Waals surface area contributed by atoms with Gasteiger partial charge in [0.05, 0.1) is 0 Å². The van der Waals surface area contributed by atoms with Crippen molar-refractivity contribution in [2.24, 2.45) is 5.92 Å². The van der Waals surface area contributed by atoms with Gasteiger partial charge < -0.3 is 5.11 Å². The van der Waals surface area contributed by atoms with E-state index in [2.05, 4.69) is 60.7 Å². The summed E-state index contributed by atoms with van der Waals surface area (Å²) in [6, 6.07) is 17.6. The van der Waals surface area contributed by atoms with E-state index in [-0.39, 0.29) is 0 Å². The van der Waals surface area contributed by atoms with E-state index in [1.807, 2.05) is 0 Å². The molecule has 1 heteroatoms. The Morgan fingerprint density at radius 3 is 2.65 bits per heavy atom. The highest BCUT2D eigenvalue weighted by Crippen LogP contribution is 2.48. The average molecular weight is 340 g/mol.